The molecule has 0 saturated heterocycles. The van der Waals surface area contributed by atoms with Crippen LogP contribution in [0.3, 0.4) is 0 Å². The van der Waals surface area contributed by atoms with E-state index in [9.17, 15) is 4.79 Å². The fourth-order valence-corrected chi connectivity index (χ4v) is 2.26. The summed E-state index contributed by atoms with van der Waals surface area (Å²) in [6, 6.07) is 15.2. The first-order valence-electron chi connectivity index (χ1n) is 7.35. The molecule has 0 heterocycles. The zero-order valence-corrected chi connectivity index (χ0v) is 14.4. The lowest BCUT2D eigenvalue weighted by molar-refractivity contribution is -0.132. The fourth-order valence-electron chi connectivity index (χ4n) is 2.07. The van der Waals surface area contributed by atoms with Crippen molar-refractivity contribution < 1.29 is 9.53 Å². The number of halogens is 1. The molecule has 0 fully saturated rings. The molecule has 0 aromatic heterocycles. The number of nitrogens with zero attached hydrogens (tertiary/aromatic N) is 2. The Balaban J connectivity index is 1.88. The number of para-hydroxylation sites is 1. The average Bonchev–Trinajstić information content (AvgIpc) is 2.54. The minimum atomic E-state index is -0.0957. The highest BCUT2D eigenvalue weighted by Crippen LogP contribution is 2.23. The van der Waals surface area contributed by atoms with Gasteiger partial charge < -0.3 is 14.5 Å². The van der Waals surface area contributed by atoms with Gasteiger partial charge in [-0.25, -0.2) is 0 Å². The summed E-state index contributed by atoms with van der Waals surface area (Å²) < 4.78 is 5.48. The van der Waals surface area contributed by atoms with Crippen LogP contribution in [-0.2, 0) is 11.3 Å². The fraction of sp³-hybridized carbons (Fsp3) is 0.278. The molecule has 2 aromatic rings. The molecule has 0 aliphatic rings. The van der Waals surface area contributed by atoms with Crippen molar-refractivity contribution in [3.8, 4) is 5.75 Å². The SMILES string of the molecule is CN(Cc1ccc(N(C)C)cc1)C(=O)COc1ccccc1Cl. The standard InChI is InChI=1S/C18H21ClN2O2/c1-20(2)15-10-8-14(9-11-15)12-21(3)18(22)13-23-17-7-5-4-6-16(17)19/h4-11H,12-13H2,1-3H3. The van der Waals surface area contributed by atoms with Crippen LogP contribution in [0, 0.1) is 0 Å². The molecule has 0 saturated carbocycles. The topological polar surface area (TPSA) is 32.8 Å². The molecule has 4 nitrogen and oxygen atoms in total. The molecule has 0 spiro atoms. The molecule has 2 aromatic carbocycles. The van der Waals surface area contributed by atoms with E-state index in [0.717, 1.165) is 11.3 Å². The lowest BCUT2D eigenvalue weighted by Crippen LogP contribution is -2.31. The summed E-state index contributed by atoms with van der Waals surface area (Å²) in [4.78, 5) is 15.8. The van der Waals surface area contributed by atoms with E-state index in [1.807, 2.05) is 55.4 Å². The van der Waals surface area contributed by atoms with Crippen molar-refractivity contribution >= 4 is 23.2 Å². The minimum Gasteiger partial charge on any atom is -0.482 e. The van der Waals surface area contributed by atoms with Gasteiger partial charge in [-0.1, -0.05) is 35.9 Å². The number of amides is 1. The van der Waals surface area contributed by atoms with Crippen LogP contribution in [0.1, 0.15) is 5.56 Å². The highest BCUT2D eigenvalue weighted by Gasteiger charge is 2.11. The molecule has 0 radical (unpaired) electrons. The second-order valence-corrected chi connectivity index (χ2v) is 5.94. The molecule has 5 heteroatoms. The summed E-state index contributed by atoms with van der Waals surface area (Å²) in [6.45, 7) is 0.508. The van der Waals surface area contributed by atoms with Gasteiger partial charge in [0.2, 0.25) is 0 Å². The normalized spacial score (nSPS) is 10.3. The van der Waals surface area contributed by atoms with Gasteiger partial charge in [-0.15, -0.1) is 0 Å². The summed E-state index contributed by atoms with van der Waals surface area (Å²) >= 11 is 6.00. The molecular weight excluding hydrogens is 312 g/mol. The van der Waals surface area contributed by atoms with E-state index >= 15 is 0 Å². The molecule has 1 amide bonds. The van der Waals surface area contributed by atoms with Crippen LogP contribution in [0.15, 0.2) is 48.5 Å². The van der Waals surface area contributed by atoms with Crippen LogP contribution in [0.25, 0.3) is 0 Å². The monoisotopic (exact) mass is 332 g/mol. The summed E-state index contributed by atoms with van der Waals surface area (Å²) in [5.74, 6) is 0.424. The van der Waals surface area contributed by atoms with Gasteiger partial charge in [0.15, 0.2) is 6.61 Å². The van der Waals surface area contributed by atoms with E-state index in [2.05, 4.69) is 0 Å². The predicted octanol–water partition coefficient (Wildman–Crippen LogP) is 3.44. The minimum absolute atomic E-state index is 0.0317. The third-order valence-corrected chi connectivity index (χ3v) is 3.80. The van der Waals surface area contributed by atoms with E-state index in [0.29, 0.717) is 17.3 Å². The Bertz CT molecular complexity index is 656. The number of hydrogen-bond acceptors (Lipinski definition) is 3. The quantitative estimate of drug-likeness (QED) is 0.812. The maximum Gasteiger partial charge on any atom is 0.260 e. The van der Waals surface area contributed by atoms with Gasteiger partial charge in [-0.3, -0.25) is 4.79 Å². The predicted molar refractivity (Wildman–Crippen MR) is 94.2 cm³/mol. The van der Waals surface area contributed by atoms with Crippen LogP contribution < -0.4 is 9.64 Å². The van der Waals surface area contributed by atoms with Crippen molar-refractivity contribution in [3.63, 3.8) is 0 Å². The van der Waals surface area contributed by atoms with Crippen LogP contribution in [-0.4, -0.2) is 38.6 Å². The molecule has 122 valence electrons. The maximum absolute atomic E-state index is 12.2. The first-order valence-corrected chi connectivity index (χ1v) is 7.72. The Morgan fingerprint density at radius 1 is 1.04 bits per heavy atom. The Kier molecular flexibility index (Phi) is 5.88. The van der Waals surface area contributed by atoms with Gasteiger partial charge in [0.1, 0.15) is 5.75 Å². The second kappa shape index (κ2) is 7.88. The average molecular weight is 333 g/mol. The van der Waals surface area contributed by atoms with E-state index < -0.39 is 0 Å². The number of carbonyl (C=O) groups excluding carboxylic acids is 1. The highest BCUT2D eigenvalue weighted by molar-refractivity contribution is 6.32. The van der Waals surface area contributed by atoms with Crippen molar-refractivity contribution in [1.82, 2.24) is 4.90 Å². The van der Waals surface area contributed by atoms with E-state index in [4.69, 9.17) is 16.3 Å². The van der Waals surface area contributed by atoms with Crippen molar-refractivity contribution in [2.24, 2.45) is 0 Å². The van der Waals surface area contributed by atoms with Crippen molar-refractivity contribution in [1.29, 1.82) is 0 Å². The number of hydrogen-bond donors (Lipinski definition) is 0. The first-order chi connectivity index (χ1) is 11.0. The zero-order valence-electron chi connectivity index (χ0n) is 13.6. The Morgan fingerprint density at radius 3 is 2.30 bits per heavy atom. The third-order valence-electron chi connectivity index (χ3n) is 3.49. The van der Waals surface area contributed by atoms with E-state index in [-0.39, 0.29) is 12.5 Å². The molecule has 0 N–H and O–H groups in total. The molecule has 0 aliphatic carbocycles. The summed E-state index contributed by atoms with van der Waals surface area (Å²) in [5.41, 5.74) is 2.20. The third kappa shape index (κ3) is 4.89. The zero-order chi connectivity index (χ0) is 16.8. The number of likely N-dealkylation sites (N-methyl/N-ethyl adjacent to an activating group) is 1. The molecule has 23 heavy (non-hydrogen) atoms. The van der Waals surface area contributed by atoms with Crippen molar-refractivity contribution in [2.45, 2.75) is 6.54 Å². The van der Waals surface area contributed by atoms with Gasteiger partial charge in [-0.05, 0) is 29.8 Å². The second-order valence-electron chi connectivity index (χ2n) is 5.53. The number of anilines is 1. The van der Waals surface area contributed by atoms with Gasteiger partial charge in [0.05, 0.1) is 5.02 Å². The van der Waals surface area contributed by atoms with Gasteiger partial charge in [0.25, 0.3) is 5.91 Å². The van der Waals surface area contributed by atoms with E-state index in [1.54, 1.807) is 24.1 Å². The Hall–Kier alpha value is -2.20. The van der Waals surface area contributed by atoms with Crippen LogP contribution in [0.4, 0.5) is 5.69 Å². The number of benzene rings is 2. The molecule has 0 aliphatic heterocycles. The summed E-state index contributed by atoms with van der Waals surface area (Å²) in [5, 5.41) is 0.502. The Morgan fingerprint density at radius 2 is 1.70 bits per heavy atom. The number of ether oxygens (including phenoxy) is 1. The van der Waals surface area contributed by atoms with E-state index in [1.165, 1.54) is 0 Å². The Labute approximate surface area is 142 Å². The summed E-state index contributed by atoms with van der Waals surface area (Å²) in [7, 11) is 5.76. The van der Waals surface area contributed by atoms with Gasteiger partial charge in [-0.2, -0.15) is 0 Å². The van der Waals surface area contributed by atoms with Crippen LogP contribution >= 0.6 is 11.6 Å². The lowest BCUT2D eigenvalue weighted by atomic mass is 10.2. The van der Waals surface area contributed by atoms with Crippen LogP contribution in [0.2, 0.25) is 5.02 Å². The largest absolute Gasteiger partial charge is 0.482 e. The maximum atomic E-state index is 12.2. The number of rotatable bonds is 6. The smallest absolute Gasteiger partial charge is 0.260 e. The van der Waals surface area contributed by atoms with Crippen molar-refractivity contribution in [3.05, 3.63) is 59.1 Å². The first kappa shape index (κ1) is 17.2. The molecule has 0 bridgehead atoms. The molecule has 0 unspecified atom stereocenters. The molecule has 0 atom stereocenters. The summed E-state index contributed by atoms with van der Waals surface area (Å²) in [6.07, 6.45) is 0. The number of carbonyl (C=O) groups is 1. The van der Waals surface area contributed by atoms with Gasteiger partial charge >= 0.3 is 0 Å². The molecular formula is C18H21ClN2O2. The highest BCUT2D eigenvalue weighted by atomic mass is 35.5. The molecule has 2 rings (SSSR count). The van der Waals surface area contributed by atoms with Crippen LogP contribution in [0.5, 0.6) is 5.75 Å². The van der Waals surface area contributed by atoms with Crippen molar-refractivity contribution in [2.75, 3.05) is 32.6 Å². The lowest BCUT2D eigenvalue weighted by Gasteiger charge is -2.19. The van der Waals surface area contributed by atoms with Gasteiger partial charge in [0, 0.05) is 33.4 Å².